The number of ether oxygens (including phenoxy) is 1. The maximum Gasteiger partial charge on any atom is 0.338 e. The van der Waals surface area contributed by atoms with E-state index in [1.54, 1.807) is 6.07 Å². The maximum atomic E-state index is 14.0. The lowest BCUT2D eigenvalue weighted by molar-refractivity contribution is 0.0691. The van der Waals surface area contributed by atoms with Gasteiger partial charge in [-0.15, -0.1) is 0 Å². The van der Waals surface area contributed by atoms with Gasteiger partial charge in [-0.05, 0) is 78.9 Å². The van der Waals surface area contributed by atoms with Gasteiger partial charge < -0.3 is 15.2 Å². The van der Waals surface area contributed by atoms with Crippen LogP contribution < -0.4 is 10.1 Å². The second-order valence-electron chi connectivity index (χ2n) is 9.39. The molecule has 2 atom stereocenters. The first-order valence-electron chi connectivity index (χ1n) is 12.6. The number of carboxylic acids is 1. The molecule has 0 amide bonds. The molecule has 5 rings (SSSR count). The monoisotopic (exact) mass is 483 g/mol. The molecule has 1 aliphatic rings. The SMILES string of the molecule is O=C(O)c1cc([C@H]2C[C@@H](CCCNCCc3cccc4ccccc34)Oc3ccccc32)ccc1F. The summed E-state index contributed by atoms with van der Waals surface area (Å²) in [4.78, 5) is 11.5. The molecule has 184 valence electrons. The van der Waals surface area contributed by atoms with Crippen molar-refractivity contribution >= 4 is 16.7 Å². The van der Waals surface area contributed by atoms with Gasteiger partial charge in [0.2, 0.25) is 0 Å². The van der Waals surface area contributed by atoms with Crippen molar-refractivity contribution in [3.8, 4) is 5.75 Å². The number of benzene rings is 4. The standard InChI is InChI=1S/C31H30FNO3/c32-29-15-14-23(19-28(29)31(34)35)27-20-24(36-30-13-4-3-12-26(27)30)10-6-17-33-18-16-22-9-5-8-21-7-1-2-11-25(21)22/h1-5,7-9,11-15,19,24,27,33H,6,10,16-18,20H2,(H,34,35)/t24-,27-/m1/s1. The number of carbonyl (C=O) groups is 1. The molecule has 4 aromatic rings. The Balaban J connectivity index is 1.18. The third kappa shape index (κ3) is 5.26. The molecule has 5 heteroatoms. The first kappa shape index (κ1) is 24.0. The predicted molar refractivity (Wildman–Crippen MR) is 140 cm³/mol. The van der Waals surface area contributed by atoms with E-state index in [0.717, 1.165) is 55.6 Å². The summed E-state index contributed by atoms with van der Waals surface area (Å²) in [5.41, 5.74) is 2.90. The lowest BCUT2D eigenvalue weighted by Gasteiger charge is -2.33. The Kier molecular flexibility index (Phi) is 7.28. The van der Waals surface area contributed by atoms with Crippen LogP contribution in [0.4, 0.5) is 4.39 Å². The average Bonchev–Trinajstić information content (AvgIpc) is 2.90. The van der Waals surface area contributed by atoms with E-state index in [-0.39, 0.29) is 17.6 Å². The number of hydrogen-bond donors (Lipinski definition) is 2. The highest BCUT2D eigenvalue weighted by atomic mass is 19.1. The van der Waals surface area contributed by atoms with Crippen LogP contribution in [0, 0.1) is 5.82 Å². The number of nitrogens with one attached hydrogen (secondary N) is 1. The molecule has 36 heavy (non-hydrogen) atoms. The Morgan fingerprint density at radius 1 is 0.972 bits per heavy atom. The van der Waals surface area contributed by atoms with E-state index in [0.29, 0.717) is 0 Å². The van der Waals surface area contributed by atoms with Gasteiger partial charge in [0.1, 0.15) is 11.6 Å². The van der Waals surface area contributed by atoms with Gasteiger partial charge in [0.25, 0.3) is 0 Å². The average molecular weight is 484 g/mol. The lowest BCUT2D eigenvalue weighted by Crippen LogP contribution is -2.28. The summed E-state index contributed by atoms with van der Waals surface area (Å²) in [6, 6.07) is 27.2. The minimum Gasteiger partial charge on any atom is -0.490 e. The summed E-state index contributed by atoms with van der Waals surface area (Å²) in [6.45, 7) is 1.81. The van der Waals surface area contributed by atoms with Crippen LogP contribution in [0.25, 0.3) is 10.8 Å². The lowest BCUT2D eigenvalue weighted by atomic mass is 9.82. The highest BCUT2D eigenvalue weighted by Gasteiger charge is 2.29. The van der Waals surface area contributed by atoms with Crippen LogP contribution in [0.5, 0.6) is 5.75 Å². The zero-order chi connectivity index (χ0) is 24.9. The molecule has 0 fully saturated rings. The van der Waals surface area contributed by atoms with Crippen LogP contribution in [0.2, 0.25) is 0 Å². The molecular weight excluding hydrogens is 453 g/mol. The molecule has 0 bridgehead atoms. The Hall–Kier alpha value is -3.70. The van der Waals surface area contributed by atoms with E-state index in [1.807, 2.05) is 24.3 Å². The number of rotatable bonds is 9. The second-order valence-corrected chi connectivity index (χ2v) is 9.39. The van der Waals surface area contributed by atoms with E-state index in [4.69, 9.17) is 4.74 Å². The summed E-state index contributed by atoms with van der Waals surface area (Å²) in [6.07, 6.45) is 3.59. The Bertz CT molecular complexity index is 1360. The van der Waals surface area contributed by atoms with Gasteiger partial charge in [-0.2, -0.15) is 0 Å². The molecule has 0 spiro atoms. The molecule has 2 N–H and O–H groups in total. The molecule has 1 heterocycles. The maximum absolute atomic E-state index is 14.0. The smallest absolute Gasteiger partial charge is 0.338 e. The van der Waals surface area contributed by atoms with Crippen molar-refractivity contribution in [2.75, 3.05) is 13.1 Å². The van der Waals surface area contributed by atoms with Gasteiger partial charge in [0.05, 0.1) is 11.7 Å². The van der Waals surface area contributed by atoms with Gasteiger partial charge >= 0.3 is 5.97 Å². The zero-order valence-electron chi connectivity index (χ0n) is 20.1. The molecule has 4 aromatic carbocycles. The minimum atomic E-state index is -1.25. The summed E-state index contributed by atoms with van der Waals surface area (Å²) >= 11 is 0. The number of halogens is 1. The quantitative estimate of drug-likeness (QED) is 0.264. The number of fused-ring (bicyclic) bond motifs is 2. The number of carboxylic acid groups (broad SMARTS) is 1. The van der Waals surface area contributed by atoms with E-state index in [9.17, 15) is 14.3 Å². The van der Waals surface area contributed by atoms with Crippen molar-refractivity contribution in [2.24, 2.45) is 0 Å². The van der Waals surface area contributed by atoms with E-state index in [1.165, 1.54) is 28.5 Å². The Morgan fingerprint density at radius 3 is 2.67 bits per heavy atom. The van der Waals surface area contributed by atoms with Gasteiger partial charge in [0.15, 0.2) is 0 Å². The molecule has 0 radical (unpaired) electrons. The summed E-state index contributed by atoms with van der Waals surface area (Å²) in [5, 5.41) is 15.5. The Morgan fingerprint density at radius 2 is 1.78 bits per heavy atom. The molecule has 0 saturated carbocycles. The topological polar surface area (TPSA) is 58.6 Å². The largest absolute Gasteiger partial charge is 0.490 e. The van der Waals surface area contributed by atoms with Crippen molar-refractivity contribution in [1.82, 2.24) is 5.32 Å². The van der Waals surface area contributed by atoms with E-state index >= 15 is 0 Å². The van der Waals surface area contributed by atoms with Crippen LogP contribution in [-0.4, -0.2) is 30.3 Å². The summed E-state index contributed by atoms with van der Waals surface area (Å²) < 4.78 is 20.3. The number of hydrogen-bond acceptors (Lipinski definition) is 3. The minimum absolute atomic E-state index is 0.0168. The van der Waals surface area contributed by atoms with E-state index in [2.05, 4.69) is 47.8 Å². The second kappa shape index (κ2) is 10.9. The highest BCUT2D eigenvalue weighted by molar-refractivity contribution is 5.88. The Labute approximate surface area is 210 Å². The predicted octanol–water partition coefficient (Wildman–Crippen LogP) is 6.57. The van der Waals surface area contributed by atoms with Crippen LogP contribution in [-0.2, 0) is 6.42 Å². The number of aromatic carboxylic acids is 1. The van der Waals surface area contributed by atoms with Crippen molar-refractivity contribution in [1.29, 1.82) is 0 Å². The third-order valence-corrected chi connectivity index (χ3v) is 7.04. The van der Waals surface area contributed by atoms with Crippen molar-refractivity contribution in [3.05, 3.63) is 113 Å². The third-order valence-electron chi connectivity index (χ3n) is 7.04. The molecule has 0 aliphatic carbocycles. The molecule has 0 unspecified atom stereocenters. The fraction of sp³-hybridized carbons (Fsp3) is 0.258. The summed E-state index contributed by atoms with van der Waals surface area (Å²) in [5.74, 6) is -1.17. The summed E-state index contributed by atoms with van der Waals surface area (Å²) in [7, 11) is 0. The normalized spacial score (nSPS) is 16.9. The highest BCUT2D eigenvalue weighted by Crippen LogP contribution is 2.41. The van der Waals surface area contributed by atoms with E-state index < -0.39 is 11.8 Å². The van der Waals surface area contributed by atoms with Crippen molar-refractivity contribution in [3.63, 3.8) is 0 Å². The van der Waals surface area contributed by atoms with Crippen LogP contribution in [0.15, 0.2) is 84.9 Å². The number of para-hydroxylation sites is 1. The van der Waals surface area contributed by atoms with Gasteiger partial charge in [0, 0.05) is 11.5 Å². The fourth-order valence-electron chi connectivity index (χ4n) is 5.22. The molecular formula is C31H30FNO3. The first-order chi connectivity index (χ1) is 17.6. The molecule has 1 aliphatic heterocycles. The molecule has 0 saturated heterocycles. The van der Waals surface area contributed by atoms with Gasteiger partial charge in [-0.25, -0.2) is 9.18 Å². The van der Waals surface area contributed by atoms with Gasteiger partial charge in [-0.1, -0.05) is 66.7 Å². The fourth-order valence-corrected chi connectivity index (χ4v) is 5.22. The first-order valence-corrected chi connectivity index (χ1v) is 12.6. The van der Waals surface area contributed by atoms with Crippen LogP contribution >= 0.6 is 0 Å². The van der Waals surface area contributed by atoms with Crippen molar-refractivity contribution in [2.45, 2.75) is 37.7 Å². The zero-order valence-corrected chi connectivity index (χ0v) is 20.1. The van der Waals surface area contributed by atoms with Crippen molar-refractivity contribution < 1.29 is 19.0 Å². The van der Waals surface area contributed by atoms with Gasteiger partial charge in [-0.3, -0.25) is 0 Å². The molecule has 4 nitrogen and oxygen atoms in total. The van der Waals surface area contributed by atoms with Crippen LogP contribution in [0.3, 0.4) is 0 Å². The van der Waals surface area contributed by atoms with Crippen LogP contribution in [0.1, 0.15) is 52.2 Å². The molecule has 0 aromatic heterocycles.